The first-order chi connectivity index (χ1) is 12.4. The van der Waals surface area contributed by atoms with Gasteiger partial charge < -0.3 is 15.1 Å². The third kappa shape index (κ3) is 5.48. The van der Waals surface area contributed by atoms with E-state index >= 15 is 0 Å². The van der Waals surface area contributed by atoms with E-state index < -0.39 is 0 Å². The Hall–Kier alpha value is -2.55. The van der Waals surface area contributed by atoms with Crippen molar-refractivity contribution in [2.75, 3.05) is 37.4 Å². The zero-order valence-electron chi connectivity index (χ0n) is 15.3. The van der Waals surface area contributed by atoms with Crippen LogP contribution in [0.5, 0.6) is 0 Å². The van der Waals surface area contributed by atoms with E-state index in [1.54, 1.807) is 18.2 Å². The highest BCUT2D eigenvalue weighted by Crippen LogP contribution is 2.20. The van der Waals surface area contributed by atoms with Gasteiger partial charge in [-0.1, -0.05) is 23.7 Å². The predicted molar refractivity (Wildman–Crippen MR) is 106 cm³/mol. The maximum atomic E-state index is 12.4. The van der Waals surface area contributed by atoms with Crippen molar-refractivity contribution >= 4 is 28.9 Å². The van der Waals surface area contributed by atoms with E-state index in [0.29, 0.717) is 22.8 Å². The highest BCUT2D eigenvalue weighted by molar-refractivity contribution is 6.31. The molecule has 0 aliphatic rings. The number of halogens is 1. The molecule has 0 heterocycles. The van der Waals surface area contributed by atoms with Gasteiger partial charge in [0.05, 0.1) is 17.8 Å². The lowest BCUT2D eigenvalue weighted by Gasteiger charge is -2.18. The van der Waals surface area contributed by atoms with Crippen LogP contribution in [0.2, 0.25) is 5.02 Å². The number of anilines is 2. The first-order valence-corrected chi connectivity index (χ1v) is 8.90. The Morgan fingerprint density at radius 2 is 1.92 bits per heavy atom. The zero-order valence-corrected chi connectivity index (χ0v) is 16.1. The van der Waals surface area contributed by atoms with E-state index in [4.69, 9.17) is 16.9 Å². The number of hydrogen-bond acceptors (Lipinski definition) is 3. The molecule has 1 amide bonds. The number of nitrogens with zero attached hydrogens (tertiary/aromatic N) is 2. The zero-order chi connectivity index (χ0) is 19.1. The number of hydrogen-bond donors (Lipinski definition) is 2. The molecule has 6 heteroatoms. The van der Waals surface area contributed by atoms with Crippen molar-refractivity contribution < 1.29 is 9.69 Å². The Morgan fingerprint density at radius 1 is 1.23 bits per heavy atom. The number of likely N-dealkylation sites (N-methyl/N-ethyl adjacent to an activating group) is 1. The van der Waals surface area contributed by atoms with Crippen LogP contribution in [0.25, 0.3) is 0 Å². The van der Waals surface area contributed by atoms with E-state index in [2.05, 4.69) is 47.5 Å². The van der Waals surface area contributed by atoms with Crippen LogP contribution in [-0.4, -0.2) is 33.1 Å². The van der Waals surface area contributed by atoms with E-state index in [9.17, 15) is 4.79 Å². The van der Waals surface area contributed by atoms with Crippen molar-refractivity contribution in [2.45, 2.75) is 13.5 Å². The Labute approximate surface area is 159 Å². The minimum atomic E-state index is -0.134. The second kappa shape index (κ2) is 9.23. The summed E-state index contributed by atoms with van der Waals surface area (Å²) in [7, 11) is 4.02. The number of rotatable bonds is 7. The average Bonchev–Trinajstić information content (AvgIpc) is 2.61. The molecule has 1 unspecified atom stereocenters. The normalized spacial score (nSPS) is 11.5. The van der Waals surface area contributed by atoms with Gasteiger partial charge in [0, 0.05) is 30.4 Å². The van der Waals surface area contributed by atoms with Crippen LogP contribution in [0.3, 0.4) is 0 Å². The highest BCUT2D eigenvalue weighted by atomic mass is 35.5. The summed E-state index contributed by atoms with van der Waals surface area (Å²) >= 11 is 5.96. The molecule has 2 aromatic carbocycles. The van der Waals surface area contributed by atoms with E-state index in [-0.39, 0.29) is 5.91 Å². The first-order valence-electron chi connectivity index (χ1n) is 8.52. The molecule has 2 N–H and O–H groups in total. The third-order valence-corrected chi connectivity index (χ3v) is 4.43. The van der Waals surface area contributed by atoms with Gasteiger partial charge >= 0.3 is 0 Å². The number of carbonyl (C=O) groups excluding carboxylic acids is 1. The van der Waals surface area contributed by atoms with E-state index in [1.807, 2.05) is 14.1 Å². The van der Waals surface area contributed by atoms with Gasteiger partial charge in [-0.2, -0.15) is 5.26 Å². The summed E-state index contributed by atoms with van der Waals surface area (Å²) < 4.78 is 0. The van der Waals surface area contributed by atoms with Crippen LogP contribution < -0.4 is 15.1 Å². The topological polar surface area (TPSA) is 60.6 Å². The molecule has 5 nitrogen and oxygen atoms in total. The summed E-state index contributed by atoms with van der Waals surface area (Å²) in [5.74, 6) is -0.134. The highest BCUT2D eigenvalue weighted by Gasteiger charge is 2.15. The number of carbonyl (C=O) groups is 1. The fraction of sp³-hybridized carbons (Fsp3) is 0.300. The van der Waals surface area contributed by atoms with Gasteiger partial charge in [0.15, 0.2) is 6.54 Å². The van der Waals surface area contributed by atoms with Crippen molar-refractivity contribution in [1.82, 2.24) is 0 Å². The van der Waals surface area contributed by atoms with Crippen molar-refractivity contribution in [3.05, 3.63) is 58.6 Å². The molecule has 0 bridgehead atoms. The minimum Gasteiger partial charge on any atom is -0.378 e. The molecule has 1 atom stereocenters. The first kappa shape index (κ1) is 19.8. The molecule has 136 valence electrons. The maximum absolute atomic E-state index is 12.4. The van der Waals surface area contributed by atoms with Gasteiger partial charge in [0.2, 0.25) is 0 Å². The monoisotopic (exact) mass is 371 g/mol. The molecular formula is C20H24ClN4O+. The van der Waals surface area contributed by atoms with Gasteiger partial charge in [-0.15, -0.1) is 0 Å². The molecule has 0 spiro atoms. The summed E-state index contributed by atoms with van der Waals surface area (Å²) in [6.45, 7) is 3.96. The van der Waals surface area contributed by atoms with Gasteiger partial charge in [0.1, 0.15) is 12.6 Å². The van der Waals surface area contributed by atoms with Gasteiger partial charge in [-0.3, -0.25) is 4.79 Å². The van der Waals surface area contributed by atoms with E-state index in [1.165, 1.54) is 5.56 Å². The van der Waals surface area contributed by atoms with Crippen LogP contribution >= 0.6 is 11.6 Å². The molecule has 0 saturated heterocycles. The largest absolute Gasteiger partial charge is 0.378 e. The summed E-state index contributed by atoms with van der Waals surface area (Å²) in [4.78, 5) is 15.6. The summed E-state index contributed by atoms with van der Waals surface area (Å²) in [5.41, 5.74) is 3.19. The lowest BCUT2D eigenvalue weighted by molar-refractivity contribution is -0.903. The Morgan fingerprint density at radius 3 is 2.50 bits per heavy atom. The third-order valence-electron chi connectivity index (χ3n) is 4.19. The van der Waals surface area contributed by atoms with E-state index in [0.717, 1.165) is 23.7 Å². The number of nitriles is 1. The second-order valence-electron chi connectivity index (χ2n) is 6.37. The van der Waals surface area contributed by atoms with Crippen molar-refractivity contribution in [3.63, 3.8) is 0 Å². The summed E-state index contributed by atoms with van der Waals surface area (Å²) in [5, 5.41) is 12.4. The smallest absolute Gasteiger partial charge is 0.279 e. The van der Waals surface area contributed by atoms with Gasteiger partial charge in [0.25, 0.3) is 5.91 Å². The number of nitrogens with one attached hydrogen (secondary N) is 2. The summed E-state index contributed by atoms with van der Waals surface area (Å²) in [6, 6.07) is 15.2. The van der Waals surface area contributed by atoms with Crippen LogP contribution in [0.4, 0.5) is 11.4 Å². The Bertz CT molecular complexity index is 796. The number of benzene rings is 2. The minimum absolute atomic E-state index is 0.134. The van der Waals surface area contributed by atoms with Crippen LogP contribution in [-0.2, 0) is 11.3 Å². The molecular weight excluding hydrogens is 348 g/mol. The number of amides is 1. The fourth-order valence-corrected chi connectivity index (χ4v) is 2.82. The molecule has 2 rings (SSSR count). The lowest BCUT2D eigenvalue weighted by atomic mass is 10.2. The number of quaternary nitrogens is 1. The lowest BCUT2D eigenvalue weighted by Crippen LogP contribution is -3.11. The Kier molecular flexibility index (Phi) is 7.02. The predicted octanol–water partition coefficient (Wildman–Crippen LogP) is 2.32. The molecule has 0 fully saturated rings. The fourth-order valence-electron chi connectivity index (χ4n) is 2.65. The molecule has 0 aliphatic heterocycles. The van der Waals surface area contributed by atoms with Crippen molar-refractivity contribution in [1.29, 1.82) is 5.26 Å². The molecule has 0 radical (unpaired) electrons. The van der Waals surface area contributed by atoms with Crippen LogP contribution in [0, 0.1) is 11.3 Å². The van der Waals surface area contributed by atoms with Crippen molar-refractivity contribution in [3.8, 4) is 6.07 Å². The standard InChI is InChI=1S/C20H23ClN4O/c1-4-25(13-15-5-9-18(10-6-15)24(2)3)14-20(26)23-19-11-17(21)8-7-16(19)12-22/h5-11H,4,13-14H2,1-3H3,(H,23,26)/p+1. The summed E-state index contributed by atoms with van der Waals surface area (Å²) in [6.07, 6.45) is 0. The van der Waals surface area contributed by atoms with Gasteiger partial charge in [-0.05, 0) is 37.3 Å². The molecule has 26 heavy (non-hydrogen) atoms. The quantitative estimate of drug-likeness (QED) is 0.785. The Balaban J connectivity index is 2.00. The SMILES string of the molecule is CC[NH+](CC(=O)Nc1cc(Cl)ccc1C#N)Cc1ccc(N(C)C)cc1. The maximum Gasteiger partial charge on any atom is 0.279 e. The molecule has 0 aromatic heterocycles. The van der Waals surface area contributed by atoms with Crippen LogP contribution in [0.1, 0.15) is 18.1 Å². The average molecular weight is 372 g/mol. The second-order valence-corrected chi connectivity index (χ2v) is 6.80. The molecule has 0 aliphatic carbocycles. The van der Waals surface area contributed by atoms with Crippen molar-refractivity contribution in [2.24, 2.45) is 0 Å². The van der Waals surface area contributed by atoms with Gasteiger partial charge in [-0.25, -0.2) is 0 Å². The molecule has 2 aromatic rings. The molecule has 0 saturated carbocycles. The van der Waals surface area contributed by atoms with Crippen LogP contribution in [0.15, 0.2) is 42.5 Å².